The Balaban J connectivity index is 1.39. The quantitative estimate of drug-likeness (QED) is 0.321. The van der Waals surface area contributed by atoms with Crippen LogP contribution in [-0.2, 0) is 9.53 Å². The molecule has 1 saturated carbocycles. The molecule has 0 spiro atoms. The number of benzene rings is 1. The number of carbonyl (C=O) groups is 1. The van der Waals surface area contributed by atoms with E-state index in [0.29, 0.717) is 58.6 Å². The Morgan fingerprint density at radius 3 is 2.78 bits per heavy atom. The smallest absolute Gasteiger partial charge is 0.246 e. The normalized spacial score (nSPS) is 19.4. The standard InChI is InChI=1S/C27H26ClN7O2/c1-3-24(36)33-12-19(9-20(33)13-37-2)34-11-17(25-26(29)30-14-31-27(25)34)5-4-16-8-22-23(10-21(16)28)35(15-32-22)18-6-7-18/h3,8,10-11,14-15,18-20H,1,6-7,9,12-13H2,2H3,(H2,29,30,31)/t19-,20+/m0/s1. The number of rotatable bonds is 5. The van der Waals surface area contributed by atoms with Crippen LogP contribution in [0.15, 0.2) is 43.6 Å². The largest absolute Gasteiger partial charge is 0.383 e. The van der Waals surface area contributed by atoms with Crippen LogP contribution in [0.5, 0.6) is 0 Å². The van der Waals surface area contributed by atoms with Crippen molar-refractivity contribution in [2.24, 2.45) is 0 Å². The monoisotopic (exact) mass is 515 g/mol. The molecule has 37 heavy (non-hydrogen) atoms. The molecule has 1 aliphatic carbocycles. The minimum Gasteiger partial charge on any atom is -0.383 e. The number of nitrogens with two attached hydrogens (primary N) is 1. The van der Waals surface area contributed by atoms with Crippen LogP contribution in [0, 0.1) is 11.8 Å². The van der Waals surface area contributed by atoms with Crippen LogP contribution in [0.4, 0.5) is 5.82 Å². The summed E-state index contributed by atoms with van der Waals surface area (Å²) in [6, 6.07) is 4.29. The van der Waals surface area contributed by atoms with Gasteiger partial charge in [0.15, 0.2) is 0 Å². The summed E-state index contributed by atoms with van der Waals surface area (Å²) in [6.07, 6.45) is 9.65. The van der Waals surface area contributed by atoms with Crippen LogP contribution in [0.2, 0.25) is 5.02 Å². The van der Waals surface area contributed by atoms with Crippen LogP contribution in [0.25, 0.3) is 22.1 Å². The Labute approximate surface area is 218 Å². The first-order valence-corrected chi connectivity index (χ1v) is 12.6. The zero-order valence-corrected chi connectivity index (χ0v) is 21.1. The number of halogens is 1. The fraction of sp³-hybridized carbons (Fsp3) is 0.333. The lowest BCUT2D eigenvalue weighted by molar-refractivity contribution is -0.127. The van der Waals surface area contributed by atoms with Gasteiger partial charge in [0.2, 0.25) is 5.91 Å². The number of likely N-dealkylation sites (tertiary alicyclic amines) is 1. The predicted molar refractivity (Wildman–Crippen MR) is 142 cm³/mol. The highest BCUT2D eigenvalue weighted by Gasteiger charge is 2.36. The van der Waals surface area contributed by atoms with Crippen molar-refractivity contribution in [2.75, 3.05) is 26.0 Å². The number of hydrogen-bond acceptors (Lipinski definition) is 6. The Morgan fingerprint density at radius 1 is 1.22 bits per heavy atom. The van der Waals surface area contributed by atoms with Gasteiger partial charge in [0.05, 0.1) is 52.0 Å². The minimum absolute atomic E-state index is 0.0253. The zero-order valence-electron chi connectivity index (χ0n) is 20.4. The Hall–Kier alpha value is -3.87. The lowest BCUT2D eigenvalue weighted by atomic mass is 10.1. The molecule has 188 valence electrons. The number of imidazole rings is 1. The first-order chi connectivity index (χ1) is 18.0. The fourth-order valence-electron chi connectivity index (χ4n) is 5.23. The maximum Gasteiger partial charge on any atom is 0.246 e. The number of nitrogens with zero attached hydrogens (tertiary/aromatic N) is 6. The van der Waals surface area contributed by atoms with E-state index < -0.39 is 0 Å². The molecule has 10 heteroatoms. The van der Waals surface area contributed by atoms with Gasteiger partial charge in [-0.2, -0.15) is 0 Å². The van der Waals surface area contributed by atoms with E-state index in [0.717, 1.165) is 11.0 Å². The van der Waals surface area contributed by atoms with Gasteiger partial charge in [0.25, 0.3) is 0 Å². The van der Waals surface area contributed by atoms with Crippen molar-refractivity contribution in [1.29, 1.82) is 0 Å². The first-order valence-electron chi connectivity index (χ1n) is 12.2. The second-order valence-electron chi connectivity index (χ2n) is 9.55. The topological polar surface area (TPSA) is 104 Å². The molecule has 0 bridgehead atoms. The van der Waals surface area contributed by atoms with E-state index in [2.05, 4.69) is 37.9 Å². The molecule has 4 aromatic rings. The number of fused-ring (bicyclic) bond motifs is 2. The lowest BCUT2D eigenvalue weighted by Crippen LogP contribution is -2.37. The van der Waals surface area contributed by atoms with Crippen LogP contribution in [-0.4, -0.2) is 61.2 Å². The summed E-state index contributed by atoms with van der Waals surface area (Å²) < 4.78 is 9.59. The highest BCUT2D eigenvalue weighted by Crippen LogP contribution is 2.38. The first kappa shape index (κ1) is 23.5. The van der Waals surface area contributed by atoms with Gasteiger partial charge in [-0.25, -0.2) is 15.0 Å². The lowest BCUT2D eigenvalue weighted by Gasteiger charge is -2.22. The summed E-state index contributed by atoms with van der Waals surface area (Å²) in [5.41, 5.74) is 10.2. The van der Waals surface area contributed by atoms with Gasteiger partial charge < -0.3 is 24.5 Å². The average molecular weight is 516 g/mol. The number of anilines is 1. The molecule has 1 aromatic carbocycles. The van der Waals surface area contributed by atoms with E-state index in [-0.39, 0.29) is 18.0 Å². The highest BCUT2D eigenvalue weighted by molar-refractivity contribution is 6.32. The molecule has 2 N–H and O–H groups in total. The molecule has 1 aliphatic heterocycles. The number of aromatic nitrogens is 5. The summed E-state index contributed by atoms with van der Waals surface area (Å²) in [7, 11) is 1.63. The van der Waals surface area contributed by atoms with E-state index in [4.69, 9.17) is 22.1 Å². The van der Waals surface area contributed by atoms with Gasteiger partial charge >= 0.3 is 0 Å². The number of methoxy groups -OCH3 is 1. The van der Waals surface area contributed by atoms with Crippen LogP contribution < -0.4 is 5.73 Å². The predicted octanol–water partition coefficient (Wildman–Crippen LogP) is 3.73. The molecular weight excluding hydrogens is 490 g/mol. The molecule has 6 rings (SSSR count). The number of amides is 1. The Morgan fingerprint density at radius 2 is 2.03 bits per heavy atom. The van der Waals surface area contributed by atoms with E-state index in [1.165, 1.54) is 25.2 Å². The third-order valence-electron chi connectivity index (χ3n) is 7.18. The number of carbonyl (C=O) groups excluding carboxylic acids is 1. The van der Waals surface area contributed by atoms with Gasteiger partial charge in [-0.05, 0) is 37.5 Å². The van der Waals surface area contributed by atoms with Crippen molar-refractivity contribution in [1.82, 2.24) is 29.0 Å². The molecule has 9 nitrogen and oxygen atoms in total. The number of hydrogen-bond donors (Lipinski definition) is 1. The second kappa shape index (κ2) is 9.21. The van der Waals surface area contributed by atoms with Crippen LogP contribution in [0.1, 0.15) is 42.5 Å². The summed E-state index contributed by atoms with van der Waals surface area (Å²) >= 11 is 6.63. The highest BCUT2D eigenvalue weighted by atomic mass is 35.5. The third-order valence-corrected chi connectivity index (χ3v) is 7.49. The van der Waals surface area contributed by atoms with Gasteiger partial charge in [-0.1, -0.05) is 30.0 Å². The van der Waals surface area contributed by atoms with Crippen molar-refractivity contribution in [3.05, 3.63) is 59.8 Å². The van der Waals surface area contributed by atoms with Crippen LogP contribution in [0.3, 0.4) is 0 Å². The molecule has 2 atom stereocenters. The Kier molecular flexibility index (Phi) is 5.86. The van der Waals surface area contributed by atoms with E-state index in [9.17, 15) is 4.79 Å². The maximum atomic E-state index is 12.5. The summed E-state index contributed by atoms with van der Waals surface area (Å²) in [5, 5.41) is 1.26. The molecule has 0 radical (unpaired) electrons. The van der Waals surface area contributed by atoms with Crippen molar-refractivity contribution >= 4 is 45.4 Å². The van der Waals surface area contributed by atoms with E-state index >= 15 is 0 Å². The molecule has 2 fully saturated rings. The van der Waals surface area contributed by atoms with Gasteiger partial charge in [-0.15, -0.1) is 0 Å². The van der Waals surface area contributed by atoms with Gasteiger partial charge in [0, 0.05) is 31.5 Å². The average Bonchev–Trinajstić information content (AvgIpc) is 3.35. The van der Waals surface area contributed by atoms with E-state index in [1.807, 2.05) is 29.2 Å². The van der Waals surface area contributed by atoms with Crippen molar-refractivity contribution in [2.45, 2.75) is 37.4 Å². The summed E-state index contributed by atoms with van der Waals surface area (Å²) in [5.74, 6) is 6.69. The van der Waals surface area contributed by atoms with Gasteiger partial charge in [-0.3, -0.25) is 4.79 Å². The summed E-state index contributed by atoms with van der Waals surface area (Å²) in [6.45, 7) is 4.59. The molecule has 3 aromatic heterocycles. The molecule has 1 saturated heterocycles. The second-order valence-corrected chi connectivity index (χ2v) is 9.96. The SMILES string of the molecule is C=CC(=O)N1C[C@@H](n2cc(C#Cc3cc4ncn(C5CC5)c4cc3Cl)c3c(N)ncnc32)C[C@@H]1COC. The number of nitrogen functional groups attached to an aromatic ring is 1. The van der Waals surface area contributed by atoms with Crippen molar-refractivity contribution < 1.29 is 9.53 Å². The van der Waals surface area contributed by atoms with Crippen molar-refractivity contribution in [3.8, 4) is 11.8 Å². The molecule has 0 unspecified atom stereocenters. The van der Waals surface area contributed by atoms with Gasteiger partial charge in [0.1, 0.15) is 17.8 Å². The maximum absolute atomic E-state index is 12.5. The van der Waals surface area contributed by atoms with E-state index in [1.54, 1.807) is 12.0 Å². The third kappa shape index (κ3) is 4.12. The molecular formula is C27H26ClN7O2. The zero-order chi connectivity index (χ0) is 25.7. The Bertz CT molecular complexity index is 1610. The molecule has 4 heterocycles. The number of ether oxygens (including phenoxy) is 1. The fourth-order valence-corrected chi connectivity index (χ4v) is 5.44. The summed E-state index contributed by atoms with van der Waals surface area (Å²) in [4.78, 5) is 27.5. The minimum atomic E-state index is -0.121. The molecule has 2 aliphatic rings. The van der Waals surface area contributed by atoms with Crippen molar-refractivity contribution in [3.63, 3.8) is 0 Å². The molecule has 1 amide bonds. The van der Waals surface area contributed by atoms with Crippen LogP contribution >= 0.6 is 11.6 Å².